The molecule has 8 aliphatic rings. The Morgan fingerprint density at radius 1 is 0.522 bits per heavy atom. The summed E-state index contributed by atoms with van der Waals surface area (Å²) in [5.41, 5.74) is 6.49. The standard InChI is InChI=1S/C26H36F3N3O8S.C18H26N2O5S.C16H21F3N2O5S.C13H24N2O5S/c1-2-37-24(34)31-16-12-25(13-17-31,23(33)30-40-22-5-3-4-18-38-22)41(35,36)32-14-10-21(11-15-32)39-20-8-6-19(7-9-20)26(27,28)29;21-17(19-22)18(8-12-25-13-9-18)26(23,24)20-10-6-16(7-11-20)14-15-4-2-1-3-5-15;1-2-14(15(22)20-23)27(24,25)21-9-7-13(8-10-21)26-12-5-3-11(4-6-12)16(17,18)19;1-10-7-11(2)9-15(8-10)21(18,19)13(12(16)14-17)3-5-20-6-4-13/h6-9,21-22H,2-5,10-18H2,1H3,(H,30,33);1-5,16,22H,6-14H2,(H,19,21);3-6,13-14,23H,2,7-10H2,1H3,(H,20,22);10-11,17H,3-9H2,1-2H3,(H,14,16). The Labute approximate surface area is 666 Å². The van der Waals surface area contributed by atoms with Crippen LogP contribution in [0.5, 0.6) is 11.5 Å². The number of hydrogen-bond donors (Lipinski definition) is 7. The molecule has 0 aromatic heterocycles. The second-order valence-corrected chi connectivity index (χ2v) is 38.7. The lowest BCUT2D eigenvalue weighted by molar-refractivity contribution is -0.202. The second-order valence-electron chi connectivity index (χ2n) is 29.8. The van der Waals surface area contributed by atoms with Gasteiger partial charge in [-0.3, -0.25) is 34.8 Å². The molecule has 0 bridgehead atoms. The fourth-order valence-electron chi connectivity index (χ4n) is 15.5. The van der Waals surface area contributed by atoms with Crippen LogP contribution in [0.2, 0.25) is 0 Å². The lowest BCUT2D eigenvalue weighted by Gasteiger charge is -2.43. The van der Waals surface area contributed by atoms with Gasteiger partial charge in [0.15, 0.2) is 25.8 Å². The van der Waals surface area contributed by atoms with Crippen molar-refractivity contribution in [2.24, 2.45) is 17.8 Å². The topological polar surface area (TPSA) is 412 Å². The Morgan fingerprint density at radius 3 is 1.35 bits per heavy atom. The monoisotopic (exact) mass is 1720 g/mol. The van der Waals surface area contributed by atoms with Gasteiger partial charge in [0.2, 0.25) is 40.1 Å². The number of benzene rings is 3. The number of likely N-dealkylation sites (tertiary alicyclic amines) is 1. The molecule has 0 saturated carbocycles. The van der Waals surface area contributed by atoms with E-state index >= 15 is 0 Å². The highest BCUT2D eigenvalue weighted by molar-refractivity contribution is 7.92. The first-order chi connectivity index (χ1) is 54.4. The number of nitrogens with one attached hydrogen (secondary N) is 4. The molecule has 8 saturated heterocycles. The van der Waals surface area contributed by atoms with Crippen molar-refractivity contribution in [3.05, 3.63) is 95.6 Å². The summed E-state index contributed by atoms with van der Waals surface area (Å²) < 4.78 is 214. The number of carbonyl (C=O) groups is 5. The van der Waals surface area contributed by atoms with Gasteiger partial charge in [-0.1, -0.05) is 51.1 Å². The number of hydroxylamine groups is 4. The maximum Gasteiger partial charge on any atom is 0.416 e. The zero-order valence-electron chi connectivity index (χ0n) is 64.7. The molecule has 8 fully saturated rings. The molecule has 0 radical (unpaired) electrons. The minimum atomic E-state index is -4.46. The van der Waals surface area contributed by atoms with Gasteiger partial charge in [0.1, 0.15) is 23.7 Å². The summed E-state index contributed by atoms with van der Waals surface area (Å²) in [4.78, 5) is 68.5. The molecule has 4 unspecified atom stereocenters. The van der Waals surface area contributed by atoms with Gasteiger partial charge in [-0.05, 0) is 162 Å². The Balaban J connectivity index is 0.000000198. The predicted octanol–water partition coefficient (Wildman–Crippen LogP) is 7.28. The number of rotatable bonds is 22. The average molecular weight is 1720 g/mol. The molecule has 0 aliphatic carbocycles. The number of ether oxygens (including phenoxy) is 6. The van der Waals surface area contributed by atoms with Crippen molar-refractivity contribution in [2.45, 2.75) is 194 Å². The van der Waals surface area contributed by atoms with Gasteiger partial charge >= 0.3 is 18.4 Å². The van der Waals surface area contributed by atoms with E-state index in [1.165, 1.54) is 64.4 Å². The van der Waals surface area contributed by atoms with E-state index in [-0.39, 0.29) is 160 Å². The van der Waals surface area contributed by atoms with Crippen molar-refractivity contribution >= 4 is 69.8 Å². The van der Waals surface area contributed by atoms with Crippen LogP contribution >= 0.6 is 0 Å². The van der Waals surface area contributed by atoms with Gasteiger partial charge < -0.3 is 33.3 Å². The van der Waals surface area contributed by atoms with Crippen LogP contribution < -0.4 is 31.4 Å². The minimum Gasteiger partial charge on any atom is -0.490 e. The maximum atomic E-state index is 14.1. The van der Waals surface area contributed by atoms with Crippen LogP contribution in [0.3, 0.4) is 0 Å². The number of piperidine rings is 5. The van der Waals surface area contributed by atoms with Crippen molar-refractivity contribution in [2.75, 3.05) is 105 Å². The van der Waals surface area contributed by atoms with Gasteiger partial charge in [-0.15, -0.1) is 0 Å². The fourth-order valence-corrected chi connectivity index (χ4v) is 24.0. The highest BCUT2D eigenvalue weighted by Gasteiger charge is 2.58. The van der Waals surface area contributed by atoms with Crippen LogP contribution in [-0.2, 0) is 102 Å². The summed E-state index contributed by atoms with van der Waals surface area (Å²) in [6, 6.07) is 18.8. The van der Waals surface area contributed by atoms with Gasteiger partial charge in [-0.2, -0.15) is 26.3 Å². The molecule has 8 aliphatic heterocycles. The third-order valence-corrected chi connectivity index (χ3v) is 32.3. The first-order valence-electron chi connectivity index (χ1n) is 38.6. The quantitative estimate of drug-likeness (QED) is 0.0295. The van der Waals surface area contributed by atoms with Crippen LogP contribution in [0.1, 0.15) is 154 Å². The molecule has 32 nitrogen and oxygen atoms in total. The number of alkyl halides is 6. The highest BCUT2D eigenvalue weighted by atomic mass is 32.2. The fraction of sp³-hybridized carbons (Fsp3) is 0.685. The summed E-state index contributed by atoms with van der Waals surface area (Å²) in [5.74, 6) is -2.03. The van der Waals surface area contributed by atoms with E-state index in [1.54, 1.807) is 17.9 Å². The van der Waals surface area contributed by atoms with Gasteiger partial charge in [-0.25, -0.2) is 82.4 Å². The number of halogens is 6. The highest BCUT2D eigenvalue weighted by Crippen LogP contribution is 2.41. The first-order valence-corrected chi connectivity index (χ1v) is 44.4. The third-order valence-electron chi connectivity index (χ3n) is 22.1. The summed E-state index contributed by atoms with van der Waals surface area (Å²) in [5, 5.41) is 25.4. The van der Waals surface area contributed by atoms with E-state index < -0.39 is 125 Å². The van der Waals surface area contributed by atoms with E-state index in [2.05, 4.69) is 17.6 Å². The van der Waals surface area contributed by atoms with Gasteiger partial charge in [0.25, 0.3) is 23.6 Å². The summed E-state index contributed by atoms with van der Waals surface area (Å²) >= 11 is 0. The molecule has 4 atom stereocenters. The molecule has 648 valence electrons. The molecule has 3 aromatic rings. The number of nitrogens with zero attached hydrogens (tertiary/aromatic N) is 5. The Bertz CT molecular complexity index is 4110. The molecule has 11 rings (SSSR count). The smallest absolute Gasteiger partial charge is 0.416 e. The third kappa shape index (κ3) is 23.3. The lowest BCUT2D eigenvalue weighted by atomic mass is 9.91. The molecule has 7 N–H and O–H groups in total. The van der Waals surface area contributed by atoms with Crippen molar-refractivity contribution in [3.8, 4) is 11.5 Å². The second kappa shape index (κ2) is 41.4. The number of hydrogen-bond acceptors (Lipinski definition) is 23. The number of amides is 5. The van der Waals surface area contributed by atoms with Crippen molar-refractivity contribution in [3.63, 3.8) is 0 Å². The average Bonchev–Trinajstić information content (AvgIpc) is 0.753. The molecule has 0 spiro atoms. The molecule has 8 heterocycles. The van der Waals surface area contributed by atoms with Crippen molar-refractivity contribution in [1.29, 1.82) is 0 Å². The zero-order valence-corrected chi connectivity index (χ0v) is 68.0. The summed E-state index contributed by atoms with van der Waals surface area (Å²) in [7, 11) is -15.9. The van der Waals surface area contributed by atoms with Gasteiger partial charge in [0, 0.05) is 131 Å². The normalized spacial score (nSPS) is 22.9. The van der Waals surface area contributed by atoms with Crippen LogP contribution in [0.25, 0.3) is 0 Å². The molecule has 3 aromatic carbocycles. The minimum absolute atomic E-state index is 0.00108. The molecule has 115 heavy (non-hydrogen) atoms. The summed E-state index contributed by atoms with van der Waals surface area (Å²) in [6.07, 6.45) is -3.99. The maximum absolute atomic E-state index is 14.1. The molecular formula is C73H107F6N9O23S4. The van der Waals surface area contributed by atoms with Crippen LogP contribution in [-0.4, -0.2) is 244 Å². The van der Waals surface area contributed by atoms with E-state index in [0.717, 1.165) is 62.8 Å². The molecule has 42 heteroatoms. The Kier molecular flexibility index (Phi) is 33.7. The number of carbonyl (C=O) groups excluding carboxylic acids is 5. The zero-order chi connectivity index (χ0) is 84.2. The Hall–Kier alpha value is -6.65. The van der Waals surface area contributed by atoms with Crippen LogP contribution in [0, 0.1) is 17.8 Å². The van der Waals surface area contributed by atoms with E-state index in [4.69, 9.17) is 48.9 Å². The van der Waals surface area contributed by atoms with Gasteiger partial charge in [0.05, 0.1) is 17.7 Å². The van der Waals surface area contributed by atoms with E-state index in [1.807, 2.05) is 32.0 Å². The van der Waals surface area contributed by atoms with Crippen molar-refractivity contribution < 1.29 is 133 Å². The SMILES string of the molecule is CC1CC(C)CN(S(=O)(=O)C2(C(=O)NO)CCOCC2)C1.CCC(C(=O)NO)S(=O)(=O)N1CCC(Oc2ccc(C(F)(F)F)cc2)CC1.CCOC(=O)N1CCC(C(=O)NOC2CCCCO2)(S(=O)(=O)N2CCC(Oc3ccc(C(F)(F)F)cc3)CC2)CC1.O=C(NO)C1(S(=O)(=O)N2CCC(Cc3ccccc3)CC2)CCOCC1. The van der Waals surface area contributed by atoms with E-state index in [0.29, 0.717) is 58.0 Å². The van der Waals surface area contributed by atoms with Crippen molar-refractivity contribution in [1.82, 2.24) is 44.0 Å². The predicted molar refractivity (Wildman–Crippen MR) is 401 cm³/mol. The lowest BCUT2D eigenvalue weighted by Crippen LogP contribution is -2.63. The largest absolute Gasteiger partial charge is 0.490 e. The Morgan fingerprint density at radius 2 is 0.948 bits per heavy atom. The van der Waals surface area contributed by atoms with Crippen LogP contribution in [0.15, 0.2) is 78.9 Å². The molecular weight excluding hydrogens is 1610 g/mol. The number of sulfonamides is 4. The summed E-state index contributed by atoms with van der Waals surface area (Å²) in [6.45, 7) is 10.6. The molecule has 5 amide bonds. The first kappa shape index (κ1) is 93.8. The van der Waals surface area contributed by atoms with E-state index in [9.17, 15) is 84.0 Å². The van der Waals surface area contributed by atoms with Crippen LogP contribution in [0.4, 0.5) is 31.1 Å².